The molecule has 0 radical (unpaired) electrons. The Morgan fingerprint density at radius 3 is 1.97 bits per heavy atom. The summed E-state index contributed by atoms with van der Waals surface area (Å²) in [6.45, 7) is 6.39. The van der Waals surface area contributed by atoms with E-state index in [2.05, 4.69) is 78.2 Å². The Morgan fingerprint density at radius 2 is 1.30 bits per heavy atom. The normalized spacial score (nSPS) is 11.0. The lowest BCUT2D eigenvalue weighted by Gasteiger charge is -2.17. The van der Waals surface area contributed by atoms with Crippen LogP contribution in [0.15, 0.2) is 66.7 Å². The second-order valence-electron chi connectivity index (χ2n) is 9.83. The molecule has 3 aromatic carbocycles. The molecule has 0 fully saturated rings. The highest BCUT2D eigenvalue weighted by Crippen LogP contribution is 2.34. The van der Waals surface area contributed by atoms with Gasteiger partial charge >= 0.3 is 0 Å². The van der Waals surface area contributed by atoms with Gasteiger partial charge in [-0.25, -0.2) is 0 Å². The van der Waals surface area contributed by atoms with Crippen molar-refractivity contribution in [1.82, 2.24) is 10.6 Å². The SMILES string of the molecule is COc1ccc(CCNCCCCCCNCCc2ccccc2)c(CCc2cccc(C)c2)c1OC. The van der Waals surface area contributed by atoms with Crippen LogP contribution in [0.3, 0.4) is 0 Å². The van der Waals surface area contributed by atoms with Crippen molar-refractivity contribution >= 4 is 0 Å². The highest BCUT2D eigenvalue weighted by Gasteiger charge is 2.15. The third kappa shape index (κ3) is 10.2. The maximum atomic E-state index is 5.80. The molecule has 2 N–H and O–H groups in total. The van der Waals surface area contributed by atoms with Crippen LogP contribution in [0, 0.1) is 6.92 Å². The zero-order valence-electron chi connectivity index (χ0n) is 23.2. The molecule has 0 aromatic heterocycles. The van der Waals surface area contributed by atoms with Crippen LogP contribution in [0.25, 0.3) is 0 Å². The molecule has 0 unspecified atom stereocenters. The molecule has 0 atom stereocenters. The minimum Gasteiger partial charge on any atom is -0.493 e. The molecule has 37 heavy (non-hydrogen) atoms. The number of benzene rings is 3. The molecule has 0 bridgehead atoms. The maximum absolute atomic E-state index is 5.80. The van der Waals surface area contributed by atoms with E-state index in [4.69, 9.17) is 9.47 Å². The van der Waals surface area contributed by atoms with E-state index in [9.17, 15) is 0 Å². The van der Waals surface area contributed by atoms with E-state index >= 15 is 0 Å². The van der Waals surface area contributed by atoms with E-state index in [0.717, 1.165) is 63.4 Å². The Bertz CT molecular complexity index is 1040. The summed E-state index contributed by atoms with van der Waals surface area (Å²) < 4.78 is 11.4. The van der Waals surface area contributed by atoms with E-state index < -0.39 is 0 Å². The monoisotopic (exact) mass is 502 g/mol. The van der Waals surface area contributed by atoms with Crippen LogP contribution in [0.5, 0.6) is 11.5 Å². The number of methoxy groups -OCH3 is 2. The van der Waals surface area contributed by atoms with Crippen molar-refractivity contribution in [2.45, 2.75) is 58.3 Å². The summed E-state index contributed by atoms with van der Waals surface area (Å²) >= 11 is 0. The molecular formula is C33H46N2O2. The van der Waals surface area contributed by atoms with E-state index in [0.29, 0.717) is 0 Å². The molecule has 4 heteroatoms. The van der Waals surface area contributed by atoms with Gasteiger partial charge in [-0.05, 0) is 94.4 Å². The van der Waals surface area contributed by atoms with Gasteiger partial charge in [-0.2, -0.15) is 0 Å². The molecule has 0 amide bonds. The van der Waals surface area contributed by atoms with Crippen LogP contribution >= 0.6 is 0 Å². The van der Waals surface area contributed by atoms with Crippen LogP contribution in [0.1, 0.15) is 53.5 Å². The van der Waals surface area contributed by atoms with Crippen molar-refractivity contribution in [2.75, 3.05) is 40.4 Å². The minimum atomic E-state index is 0.813. The molecule has 0 aliphatic rings. The standard InChI is InChI=1S/C33H46N2O2/c1-27-12-11-15-29(26-27)16-18-31-30(17-19-32(36-2)33(31)37-3)21-25-35-23-10-5-4-9-22-34-24-20-28-13-7-6-8-14-28/h6-8,11-15,17,19,26,34-35H,4-5,9-10,16,18,20-25H2,1-3H3. The lowest BCUT2D eigenvalue weighted by Crippen LogP contribution is -2.20. The molecule has 0 saturated heterocycles. The molecular weight excluding hydrogens is 456 g/mol. The van der Waals surface area contributed by atoms with E-state index in [1.165, 1.54) is 53.5 Å². The summed E-state index contributed by atoms with van der Waals surface area (Å²) in [7, 11) is 3.46. The average molecular weight is 503 g/mol. The Morgan fingerprint density at radius 1 is 0.595 bits per heavy atom. The summed E-state index contributed by atoms with van der Waals surface area (Å²) in [6, 6.07) is 23.7. The molecule has 0 heterocycles. The van der Waals surface area contributed by atoms with Crippen molar-refractivity contribution in [3.8, 4) is 11.5 Å². The second-order valence-corrected chi connectivity index (χ2v) is 9.83. The van der Waals surface area contributed by atoms with Crippen LogP contribution in [0.2, 0.25) is 0 Å². The largest absolute Gasteiger partial charge is 0.493 e. The predicted octanol–water partition coefficient (Wildman–Crippen LogP) is 6.32. The fraction of sp³-hybridized carbons (Fsp3) is 0.455. The van der Waals surface area contributed by atoms with Crippen LogP contribution in [-0.2, 0) is 25.7 Å². The molecule has 0 saturated carbocycles. The first-order valence-corrected chi connectivity index (χ1v) is 13.9. The number of nitrogens with one attached hydrogen (secondary N) is 2. The van der Waals surface area contributed by atoms with Crippen molar-refractivity contribution in [3.05, 3.63) is 94.5 Å². The molecule has 200 valence electrons. The van der Waals surface area contributed by atoms with Gasteiger partial charge in [0.1, 0.15) is 0 Å². The highest BCUT2D eigenvalue weighted by atomic mass is 16.5. The van der Waals surface area contributed by atoms with Crippen LogP contribution in [0.4, 0.5) is 0 Å². The fourth-order valence-electron chi connectivity index (χ4n) is 4.88. The maximum Gasteiger partial charge on any atom is 0.164 e. The molecule has 3 aromatic rings. The van der Waals surface area contributed by atoms with Gasteiger partial charge in [0.05, 0.1) is 14.2 Å². The molecule has 3 rings (SSSR count). The van der Waals surface area contributed by atoms with Crippen molar-refractivity contribution in [2.24, 2.45) is 0 Å². The zero-order chi connectivity index (χ0) is 26.1. The summed E-state index contributed by atoms with van der Waals surface area (Å²) in [6.07, 6.45) is 9.10. The lowest BCUT2D eigenvalue weighted by molar-refractivity contribution is 0.351. The summed E-state index contributed by atoms with van der Waals surface area (Å²) in [5.41, 5.74) is 6.69. The number of aryl methyl sites for hydroxylation is 2. The summed E-state index contributed by atoms with van der Waals surface area (Å²) in [5, 5.41) is 7.22. The Hall–Kier alpha value is -2.82. The minimum absolute atomic E-state index is 0.813. The van der Waals surface area contributed by atoms with E-state index in [1.807, 2.05) is 6.07 Å². The average Bonchev–Trinajstić information content (AvgIpc) is 2.93. The molecule has 0 aliphatic carbocycles. The van der Waals surface area contributed by atoms with Crippen LogP contribution in [-0.4, -0.2) is 40.4 Å². The van der Waals surface area contributed by atoms with Crippen molar-refractivity contribution in [1.29, 1.82) is 0 Å². The van der Waals surface area contributed by atoms with Gasteiger partial charge < -0.3 is 20.1 Å². The highest BCUT2D eigenvalue weighted by molar-refractivity contribution is 5.51. The quantitative estimate of drug-likeness (QED) is 0.200. The van der Waals surface area contributed by atoms with Gasteiger partial charge in [0.2, 0.25) is 0 Å². The number of ether oxygens (including phenoxy) is 2. The fourth-order valence-corrected chi connectivity index (χ4v) is 4.88. The van der Waals surface area contributed by atoms with Gasteiger partial charge in [0.15, 0.2) is 11.5 Å². The van der Waals surface area contributed by atoms with Crippen molar-refractivity contribution < 1.29 is 9.47 Å². The van der Waals surface area contributed by atoms with Gasteiger partial charge in [-0.1, -0.05) is 79.1 Å². The number of hydrogen-bond acceptors (Lipinski definition) is 4. The van der Waals surface area contributed by atoms with E-state index in [-0.39, 0.29) is 0 Å². The number of unbranched alkanes of at least 4 members (excludes halogenated alkanes) is 3. The van der Waals surface area contributed by atoms with Crippen LogP contribution < -0.4 is 20.1 Å². The third-order valence-corrected chi connectivity index (χ3v) is 6.95. The van der Waals surface area contributed by atoms with Gasteiger partial charge in [-0.15, -0.1) is 0 Å². The van der Waals surface area contributed by atoms with E-state index in [1.54, 1.807) is 14.2 Å². The first-order valence-electron chi connectivity index (χ1n) is 13.9. The number of rotatable bonds is 18. The smallest absolute Gasteiger partial charge is 0.164 e. The molecule has 0 aliphatic heterocycles. The summed E-state index contributed by atoms with van der Waals surface area (Å²) in [4.78, 5) is 0. The number of hydrogen-bond donors (Lipinski definition) is 2. The first-order chi connectivity index (χ1) is 18.2. The van der Waals surface area contributed by atoms with Crippen molar-refractivity contribution in [3.63, 3.8) is 0 Å². The molecule has 4 nitrogen and oxygen atoms in total. The second kappa shape index (κ2) is 16.8. The first kappa shape index (κ1) is 28.7. The zero-order valence-corrected chi connectivity index (χ0v) is 23.2. The van der Waals surface area contributed by atoms with Gasteiger partial charge in [0, 0.05) is 5.56 Å². The predicted molar refractivity (Wildman–Crippen MR) is 156 cm³/mol. The molecule has 0 spiro atoms. The topological polar surface area (TPSA) is 42.5 Å². The third-order valence-electron chi connectivity index (χ3n) is 6.95. The summed E-state index contributed by atoms with van der Waals surface area (Å²) in [5.74, 6) is 1.69. The Kier molecular flexibility index (Phi) is 13.1. The Labute approximate surface area is 224 Å². The Balaban J connectivity index is 1.33. The van der Waals surface area contributed by atoms with Gasteiger partial charge in [-0.3, -0.25) is 0 Å². The van der Waals surface area contributed by atoms with Gasteiger partial charge in [0.25, 0.3) is 0 Å². The lowest BCUT2D eigenvalue weighted by atomic mass is 9.96.